The van der Waals surface area contributed by atoms with Crippen LogP contribution in [0.25, 0.3) is 0 Å². The molecule has 1 saturated carbocycles. The molecule has 3 aliphatic rings. The van der Waals surface area contributed by atoms with Crippen LogP contribution in [0.15, 0.2) is 18.5 Å². The lowest BCUT2D eigenvalue weighted by atomic mass is 10.1. The summed E-state index contributed by atoms with van der Waals surface area (Å²) in [6, 6.07) is 1.93. The van der Waals surface area contributed by atoms with Gasteiger partial charge in [-0.1, -0.05) is 0 Å². The Kier molecular flexibility index (Phi) is 4.48. The topological polar surface area (TPSA) is 96.6 Å². The van der Waals surface area contributed by atoms with E-state index in [1.807, 2.05) is 10.7 Å². The highest BCUT2D eigenvalue weighted by Crippen LogP contribution is 2.40. The number of anilines is 1. The van der Waals surface area contributed by atoms with Gasteiger partial charge < -0.3 is 19.6 Å². The zero-order valence-electron chi connectivity index (χ0n) is 15.7. The molecule has 1 aliphatic carbocycles. The van der Waals surface area contributed by atoms with E-state index in [9.17, 15) is 9.90 Å². The number of ether oxygens (including phenoxy) is 1. The normalized spacial score (nSPS) is 20.8. The Morgan fingerprint density at radius 3 is 2.61 bits per heavy atom. The molecule has 1 amide bonds. The number of aliphatic hydroxyl groups is 1. The Hall–Kier alpha value is -2.52. The van der Waals surface area contributed by atoms with Gasteiger partial charge in [-0.05, 0) is 24.8 Å². The fourth-order valence-corrected chi connectivity index (χ4v) is 3.80. The van der Waals surface area contributed by atoms with Gasteiger partial charge in [-0.2, -0.15) is 5.10 Å². The molecule has 1 saturated heterocycles. The third kappa shape index (κ3) is 3.35. The number of aliphatic hydroxyl groups excluding tert-OH is 1. The molecule has 0 unspecified atom stereocenters. The summed E-state index contributed by atoms with van der Waals surface area (Å²) >= 11 is 0. The molecule has 0 aromatic carbocycles. The molecular formula is C19H24N6O3. The molecule has 0 radical (unpaired) electrons. The van der Waals surface area contributed by atoms with Crippen LogP contribution >= 0.6 is 0 Å². The second-order valence-electron chi connectivity index (χ2n) is 7.66. The predicted octanol–water partition coefficient (Wildman–Crippen LogP) is 0.609. The number of morpholine rings is 1. The van der Waals surface area contributed by atoms with E-state index in [4.69, 9.17) is 4.74 Å². The third-order valence-corrected chi connectivity index (χ3v) is 5.65. The monoisotopic (exact) mass is 384 g/mol. The minimum absolute atomic E-state index is 0.0785. The van der Waals surface area contributed by atoms with Gasteiger partial charge in [0.2, 0.25) is 5.95 Å². The highest BCUT2D eigenvalue weighted by molar-refractivity contribution is 5.93. The molecule has 148 valence electrons. The standard InChI is InChI=1S/C19H24N6O3/c26-17(13-1-2-13)16-9-15-12-24(3-4-25(15)22-16)18(27)14-10-20-19(21-11-14)23-5-7-28-8-6-23/h9-11,13,17,26H,1-8,12H2/t17-/m1/s1. The van der Waals surface area contributed by atoms with Crippen LogP contribution in [0.1, 0.15) is 40.7 Å². The lowest BCUT2D eigenvalue weighted by Crippen LogP contribution is -2.39. The summed E-state index contributed by atoms with van der Waals surface area (Å²) in [4.78, 5) is 25.5. The predicted molar refractivity (Wildman–Crippen MR) is 99.7 cm³/mol. The third-order valence-electron chi connectivity index (χ3n) is 5.65. The van der Waals surface area contributed by atoms with Crippen LogP contribution in [0.3, 0.4) is 0 Å². The van der Waals surface area contributed by atoms with Crippen LogP contribution in [0.5, 0.6) is 0 Å². The number of carbonyl (C=O) groups is 1. The zero-order chi connectivity index (χ0) is 19.1. The van der Waals surface area contributed by atoms with E-state index >= 15 is 0 Å². The second kappa shape index (κ2) is 7.14. The first-order valence-electron chi connectivity index (χ1n) is 9.88. The van der Waals surface area contributed by atoms with E-state index in [2.05, 4.69) is 20.0 Å². The molecule has 2 aromatic rings. The lowest BCUT2D eigenvalue weighted by Gasteiger charge is -2.28. The Morgan fingerprint density at radius 2 is 1.89 bits per heavy atom. The van der Waals surface area contributed by atoms with Crippen LogP contribution in [-0.2, 0) is 17.8 Å². The van der Waals surface area contributed by atoms with Gasteiger partial charge in [0.1, 0.15) is 6.10 Å². The number of amides is 1. The number of carbonyl (C=O) groups excluding carboxylic acids is 1. The first-order chi connectivity index (χ1) is 13.7. The average molecular weight is 384 g/mol. The van der Waals surface area contributed by atoms with E-state index in [0.717, 1.165) is 37.3 Å². The van der Waals surface area contributed by atoms with Crippen molar-refractivity contribution in [2.45, 2.75) is 32.0 Å². The minimum atomic E-state index is -0.483. The summed E-state index contributed by atoms with van der Waals surface area (Å²) in [6.45, 7) is 4.56. The van der Waals surface area contributed by atoms with Gasteiger partial charge in [0.25, 0.3) is 5.91 Å². The van der Waals surface area contributed by atoms with Crippen molar-refractivity contribution in [2.75, 3.05) is 37.7 Å². The minimum Gasteiger partial charge on any atom is -0.386 e. The summed E-state index contributed by atoms with van der Waals surface area (Å²) in [5.74, 6) is 0.900. The van der Waals surface area contributed by atoms with Crippen molar-refractivity contribution in [1.82, 2.24) is 24.6 Å². The van der Waals surface area contributed by atoms with Gasteiger partial charge in [-0.15, -0.1) is 0 Å². The molecule has 28 heavy (non-hydrogen) atoms. The van der Waals surface area contributed by atoms with Gasteiger partial charge in [0, 0.05) is 32.0 Å². The molecule has 0 spiro atoms. The number of hydrogen-bond acceptors (Lipinski definition) is 7. The maximum atomic E-state index is 12.9. The zero-order valence-corrected chi connectivity index (χ0v) is 15.7. The van der Waals surface area contributed by atoms with Gasteiger partial charge in [0.05, 0.1) is 43.3 Å². The fraction of sp³-hybridized carbons (Fsp3) is 0.579. The molecule has 4 heterocycles. The number of hydrogen-bond donors (Lipinski definition) is 1. The average Bonchev–Trinajstić information content (AvgIpc) is 3.51. The van der Waals surface area contributed by atoms with E-state index < -0.39 is 6.10 Å². The number of nitrogens with zero attached hydrogens (tertiary/aromatic N) is 6. The van der Waals surface area contributed by atoms with E-state index in [-0.39, 0.29) is 5.91 Å². The fourth-order valence-electron chi connectivity index (χ4n) is 3.80. The van der Waals surface area contributed by atoms with Gasteiger partial charge in [0.15, 0.2) is 0 Å². The number of aromatic nitrogens is 4. The molecular weight excluding hydrogens is 360 g/mol. The van der Waals surface area contributed by atoms with Crippen molar-refractivity contribution in [1.29, 1.82) is 0 Å². The Labute approximate surface area is 162 Å². The van der Waals surface area contributed by atoms with Gasteiger partial charge in [-0.25, -0.2) is 9.97 Å². The summed E-state index contributed by atoms with van der Waals surface area (Å²) in [7, 11) is 0. The van der Waals surface area contributed by atoms with Crippen molar-refractivity contribution in [2.24, 2.45) is 5.92 Å². The lowest BCUT2D eigenvalue weighted by molar-refractivity contribution is 0.0704. The van der Waals surface area contributed by atoms with Crippen molar-refractivity contribution in [3.63, 3.8) is 0 Å². The molecule has 5 rings (SSSR count). The first-order valence-corrected chi connectivity index (χ1v) is 9.88. The molecule has 0 bridgehead atoms. The second-order valence-corrected chi connectivity index (χ2v) is 7.66. The van der Waals surface area contributed by atoms with E-state index in [0.29, 0.717) is 50.3 Å². The molecule has 9 nitrogen and oxygen atoms in total. The maximum Gasteiger partial charge on any atom is 0.257 e. The number of fused-ring (bicyclic) bond motifs is 1. The van der Waals surface area contributed by atoms with Crippen LogP contribution in [0, 0.1) is 5.92 Å². The highest BCUT2D eigenvalue weighted by atomic mass is 16.5. The molecule has 1 atom stereocenters. The highest BCUT2D eigenvalue weighted by Gasteiger charge is 2.33. The van der Waals surface area contributed by atoms with Crippen LogP contribution in [0.4, 0.5) is 5.95 Å². The molecule has 1 N–H and O–H groups in total. The summed E-state index contributed by atoms with van der Waals surface area (Å²) in [5.41, 5.74) is 2.17. The Balaban J connectivity index is 1.27. The number of rotatable bonds is 4. The van der Waals surface area contributed by atoms with Gasteiger partial charge in [-0.3, -0.25) is 9.48 Å². The van der Waals surface area contributed by atoms with Crippen LogP contribution in [-0.4, -0.2) is 68.5 Å². The quantitative estimate of drug-likeness (QED) is 0.825. The Bertz CT molecular complexity index is 857. The molecule has 2 aromatic heterocycles. The van der Waals surface area contributed by atoms with Crippen LogP contribution < -0.4 is 4.90 Å². The van der Waals surface area contributed by atoms with E-state index in [1.165, 1.54) is 0 Å². The summed E-state index contributed by atoms with van der Waals surface area (Å²) < 4.78 is 7.25. The molecule has 2 fully saturated rings. The maximum absolute atomic E-state index is 12.9. The largest absolute Gasteiger partial charge is 0.386 e. The van der Waals surface area contributed by atoms with Crippen LogP contribution in [0.2, 0.25) is 0 Å². The van der Waals surface area contributed by atoms with Crippen molar-refractivity contribution >= 4 is 11.9 Å². The van der Waals surface area contributed by atoms with Gasteiger partial charge >= 0.3 is 0 Å². The smallest absolute Gasteiger partial charge is 0.257 e. The molecule has 2 aliphatic heterocycles. The molecule has 9 heteroatoms. The SMILES string of the molecule is O=C(c1cnc(N2CCOCC2)nc1)N1CCn2nc([C@H](O)C3CC3)cc2C1. The first kappa shape index (κ1) is 17.6. The van der Waals surface area contributed by atoms with Crippen molar-refractivity contribution in [3.8, 4) is 0 Å². The van der Waals surface area contributed by atoms with Crippen molar-refractivity contribution in [3.05, 3.63) is 35.4 Å². The summed E-state index contributed by atoms with van der Waals surface area (Å²) in [5, 5.41) is 14.8. The Morgan fingerprint density at radius 1 is 1.14 bits per heavy atom. The summed E-state index contributed by atoms with van der Waals surface area (Å²) in [6.07, 6.45) is 4.86. The van der Waals surface area contributed by atoms with E-state index in [1.54, 1.807) is 17.3 Å². The van der Waals surface area contributed by atoms with Crippen molar-refractivity contribution < 1.29 is 14.6 Å².